The van der Waals surface area contributed by atoms with Crippen LogP contribution in [-0.4, -0.2) is 37.4 Å². The second-order valence-corrected chi connectivity index (χ2v) is 5.66. The molecule has 1 aromatic carbocycles. The van der Waals surface area contributed by atoms with Crippen LogP contribution in [0.5, 0.6) is 0 Å². The van der Waals surface area contributed by atoms with Gasteiger partial charge >= 0.3 is 5.69 Å². The van der Waals surface area contributed by atoms with Crippen LogP contribution in [0.1, 0.15) is 6.42 Å². The molecule has 0 saturated heterocycles. The number of hydrogen-bond donors (Lipinski definition) is 2. The molecule has 0 bridgehead atoms. The van der Waals surface area contributed by atoms with E-state index in [-0.39, 0.29) is 11.2 Å². The summed E-state index contributed by atoms with van der Waals surface area (Å²) in [7, 11) is 2.94. The first kappa shape index (κ1) is 16.8. The Kier molecular flexibility index (Phi) is 4.57. The van der Waals surface area contributed by atoms with Gasteiger partial charge in [-0.3, -0.25) is 13.9 Å². The molecule has 0 fully saturated rings. The van der Waals surface area contributed by atoms with Crippen molar-refractivity contribution >= 4 is 16.9 Å². The lowest BCUT2D eigenvalue weighted by Gasteiger charge is -2.08. The Morgan fingerprint density at radius 2 is 1.80 bits per heavy atom. The average molecular weight is 341 g/mol. The largest absolute Gasteiger partial charge is 0.385 e. The summed E-state index contributed by atoms with van der Waals surface area (Å²) in [6.07, 6.45) is 0.890. The molecule has 0 saturated carbocycles. The monoisotopic (exact) mass is 341 g/mol. The fraction of sp³-hybridized carbons (Fsp3) is 0.312. The molecule has 0 radical (unpaired) electrons. The van der Waals surface area contributed by atoms with Gasteiger partial charge in [-0.2, -0.15) is 0 Å². The van der Waals surface area contributed by atoms with E-state index in [0.717, 1.165) is 28.8 Å². The number of rotatable bonds is 5. The van der Waals surface area contributed by atoms with Crippen molar-refractivity contribution < 1.29 is 0 Å². The van der Waals surface area contributed by atoms with Gasteiger partial charge in [0.05, 0.1) is 0 Å². The van der Waals surface area contributed by atoms with Gasteiger partial charge in [0.1, 0.15) is 0 Å². The fourth-order valence-electron chi connectivity index (χ4n) is 2.45. The zero-order valence-corrected chi connectivity index (χ0v) is 14.1. The number of nitrogens with two attached hydrogens (primary N) is 1. The molecule has 130 valence electrons. The number of aryl methyl sites for hydroxylation is 1. The van der Waals surface area contributed by atoms with E-state index >= 15 is 0 Å². The highest BCUT2D eigenvalue weighted by Crippen LogP contribution is 2.18. The number of aromatic nitrogens is 5. The zero-order valence-electron chi connectivity index (χ0n) is 14.1. The van der Waals surface area contributed by atoms with E-state index in [1.807, 2.05) is 24.3 Å². The minimum Gasteiger partial charge on any atom is -0.385 e. The Bertz CT molecular complexity index is 1020. The van der Waals surface area contributed by atoms with Gasteiger partial charge in [0.25, 0.3) is 5.56 Å². The lowest BCUT2D eigenvalue weighted by atomic mass is 10.2. The van der Waals surface area contributed by atoms with E-state index in [9.17, 15) is 9.59 Å². The van der Waals surface area contributed by atoms with E-state index in [4.69, 9.17) is 5.73 Å². The summed E-state index contributed by atoms with van der Waals surface area (Å²) in [5, 5.41) is 11.3. The lowest BCUT2D eigenvalue weighted by molar-refractivity contribution is 0.698. The first-order valence-electron chi connectivity index (χ1n) is 7.87. The van der Waals surface area contributed by atoms with Crippen LogP contribution in [0, 0.1) is 0 Å². The number of nitrogens with zero attached hydrogens (tertiary/aromatic N) is 5. The van der Waals surface area contributed by atoms with Gasteiger partial charge in [0, 0.05) is 31.9 Å². The van der Waals surface area contributed by atoms with E-state index in [0.29, 0.717) is 12.4 Å². The van der Waals surface area contributed by atoms with Gasteiger partial charge in [-0.15, -0.1) is 10.2 Å². The highest BCUT2D eigenvalue weighted by molar-refractivity contribution is 5.71. The summed E-state index contributed by atoms with van der Waals surface area (Å²) < 4.78 is 2.26. The molecule has 0 aliphatic heterocycles. The van der Waals surface area contributed by atoms with Crippen molar-refractivity contribution in [1.29, 1.82) is 0 Å². The molecule has 0 amide bonds. The molecule has 25 heavy (non-hydrogen) atoms. The Labute approximate surface area is 143 Å². The van der Waals surface area contributed by atoms with Crippen LogP contribution in [-0.2, 0) is 14.1 Å². The Balaban J connectivity index is 1.99. The smallest absolute Gasteiger partial charge is 0.332 e. The molecule has 3 aromatic rings. The molecular formula is C16H19N7O2. The highest BCUT2D eigenvalue weighted by atomic mass is 16.2. The predicted molar refractivity (Wildman–Crippen MR) is 95.4 cm³/mol. The summed E-state index contributed by atoms with van der Waals surface area (Å²) >= 11 is 0. The van der Waals surface area contributed by atoms with Crippen molar-refractivity contribution in [3.8, 4) is 11.4 Å². The van der Waals surface area contributed by atoms with Gasteiger partial charge in [0.15, 0.2) is 17.0 Å². The number of hydrogen-bond acceptors (Lipinski definition) is 7. The Morgan fingerprint density at radius 3 is 2.48 bits per heavy atom. The van der Waals surface area contributed by atoms with Crippen LogP contribution >= 0.6 is 0 Å². The Morgan fingerprint density at radius 1 is 1.08 bits per heavy atom. The first-order valence-corrected chi connectivity index (χ1v) is 7.87. The molecule has 9 heteroatoms. The average Bonchev–Trinajstić information content (AvgIpc) is 2.65. The molecule has 0 atom stereocenters. The summed E-state index contributed by atoms with van der Waals surface area (Å²) in [5.74, 6) is 0.330. The maximum absolute atomic E-state index is 12.3. The minimum absolute atomic E-state index is 0.111. The number of anilines is 1. The third-order valence-corrected chi connectivity index (χ3v) is 3.92. The van der Waals surface area contributed by atoms with Crippen LogP contribution in [0.25, 0.3) is 22.6 Å². The molecule has 0 spiro atoms. The number of benzene rings is 1. The van der Waals surface area contributed by atoms with Crippen LogP contribution in [0.2, 0.25) is 0 Å². The van der Waals surface area contributed by atoms with E-state index in [1.54, 1.807) is 0 Å². The molecule has 3 N–H and O–H groups in total. The van der Waals surface area contributed by atoms with Crippen molar-refractivity contribution in [2.45, 2.75) is 6.42 Å². The molecule has 9 nitrogen and oxygen atoms in total. The Hall–Kier alpha value is -3.07. The summed E-state index contributed by atoms with van der Waals surface area (Å²) in [6, 6.07) is 7.50. The molecule has 3 rings (SSSR count). The van der Waals surface area contributed by atoms with Crippen LogP contribution in [0.15, 0.2) is 33.9 Å². The maximum Gasteiger partial charge on any atom is 0.332 e. The van der Waals surface area contributed by atoms with Crippen molar-refractivity contribution in [2.75, 3.05) is 18.4 Å². The van der Waals surface area contributed by atoms with Crippen LogP contribution in [0.3, 0.4) is 0 Å². The van der Waals surface area contributed by atoms with Gasteiger partial charge in [-0.05, 0) is 37.2 Å². The van der Waals surface area contributed by atoms with Crippen molar-refractivity contribution in [3.05, 3.63) is 45.1 Å². The van der Waals surface area contributed by atoms with Crippen molar-refractivity contribution in [2.24, 2.45) is 19.8 Å². The fourth-order valence-corrected chi connectivity index (χ4v) is 2.45. The van der Waals surface area contributed by atoms with Gasteiger partial charge in [0.2, 0.25) is 0 Å². The van der Waals surface area contributed by atoms with E-state index < -0.39 is 11.2 Å². The quantitative estimate of drug-likeness (QED) is 0.619. The number of nitrogens with one attached hydrogen (secondary N) is 1. The SMILES string of the molecule is Cn1c(=O)c2nc(-c3ccc(NCCCN)cc3)nnc2n(C)c1=O. The molecule has 0 unspecified atom stereocenters. The van der Waals surface area contributed by atoms with Gasteiger partial charge in [-0.1, -0.05) is 0 Å². The first-order chi connectivity index (χ1) is 12.0. The molecular weight excluding hydrogens is 322 g/mol. The second kappa shape index (κ2) is 6.81. The predicted octanol–water partition coefficient (Wildman–Crippen LogP) is -0.150. The summed E-state index contributed by atoms with van der Waals surface area (Å²) in [6.45, 7) is 1.44. The van der Waals surface area contributed by atoms with Crippen molar-refractivity contribution in [1.82, 2.24) is 24.3 Å². The standard InChI is InChI=1S/C16H19N7O2/c1-22-14-12(15(24)23(2)16(22)25)19-13(20-21-14)10-4-6-11(7-5-10)18-9-3-8-17/h4-7,18H,3,8-9,17H2,1-2H3. The molecule has 0 aliphatic rings. The highest BCUT2D eigenvalue weighted by Gasteiger charge is 2.13. The van der Waals surface area contributed by atoms with Crippen LogP contribution in [0.4, 0.5) is 5.69 Å². The van der Waals surface area contributed by atoms with Crippen LogP contribution < -0.4 is 22.3 Å². The summed E-state index contributed by atoms with van der Waals surface area (Å²) in [4.78, 5) is 28.5. The normalized spacial score (nSPS) is 11.0. The third kappa shape index (κ3) is 3.13. The van der Waals surface area contributed by atoms with E-state index in [2.05, 4.69) is 20.5 Å². The lowest BCUT2D eigenvalue weighted by Crippen LogP contribution is -2.38. The minimum atomic E-state index is -0.491. The molecule has 0 aliphatic carbocycles. The van der Waals surface area contributed by atoms with Crippen molar-refractivity contribution in [3.63, 3.8) is 0 Å². The third-order valence-electron chi connectivity index (χ3n) is 3.92. The molecule has 2 heterocycles. The van der Waals surface area contributed by atoms with Gasteiger partial charge < -0.3 is 11.1 Å². The zero-order chi connectivity index (χ0) is 18.0. The second-order valence-electron chi connectivity index (χ2n) is 5.66. The van der Waals surface area contributed by atoms with E-state index in [1.165, 1.54) is 18.7 Å². The summed E-state index contributed by atoms with van der Waals surface area (Å²) in [5.41, 5.74) is 6.48. The maximum atomic E-state index is 12.3. The number of fused-ring (bicyclic) bond motifs is 1. The van der Waals surface area contributed by atoms with Gasteiger partial charge in [-0.25, -0.2) is 9.78 Å². The topological polar surface area (TPSA) is 121 Å². The molecule has 2 aromatic heterocycles.